The molecule has 1 aromatic heterocycles. The normalized spacial score (nSPS) is 17.8. The molecule has 18 heavy (non-hydrogen) atoms. The van der Waals surface area contributed by atoms with Gasteiger partial charge in [0, 0.05) is 40.8 Å². The molecule has 5 heteroatoms. The first-order valence-electron chi connectivity index (χ1n) is 5.86. The molecule has 0 saturated carbocycles. The number of nitrogens with one attached hydrogen (secondary N) is 2. The first-order chi connectivity index (χ1) is 8.74. The molecule has 2 aromatic rings. The van der Waals surface area contributed by atoms with Crippen molar-refractivity contribution in [3.8, 4) is 0 Å². The summed E-state index contributed by atoms with van der Waals surface area (Å²) < 4.78 is 13.5. The first-order valence-corrected chi connectivity index (χ1v) is 5.86. The van der Waals surface area contributed by atoms with E-state index < -0.39 is 0 Å². The summed E-state index contributed by atoms with van der Waals surface area (Å²) in [6.07, 6.45) is 0. The van der Waals surface area contributed by atoms with E-state index in [1.807, 2.05) is 0 Å². The van der Waals surface area contributed by atoms with Crippen LogP contribution < -0.4 is 5.32 Å². The Kier molecular flexibility index (Phi) is 1.81. The van der Waals surface area contributed by atoms with Crippen LogP contribution in [0, 0.1) is 5.82 Å². The maximum Gasteiger partial charge on any atom is 0.185 e. The number of H-pyrrole nitrogens is 1. The Morgan fingerprint density at radius 3 is 3.06 bits per heavy atom. The number of benzene rings is 1. The molecule has 1 aromatic carbocycles. The Balaban J connectivity index is 2.22. The van der Waals surface area contributed by atoms with E-state index in [2.05, 4.69) is 15.3 Å². The lowest BCUT2D eigenvalue weighted by atomic mass is 9.98. The number of carbonyl (C=O) groups is 1. The van der Waals surface area contributed by atoms with Gasteiger partial charge in [0.05, 0.1) is 5.71 Å². The van der Waals surface area contributed by atoms with Crippen molar-refractivity contribution in [3.63, 3.8) is 0 Å². The molecule has 2 aliphatic heterocycles. The molecule has 90 valence electrons. The maximum atomic E-state index is 13.5. The number of aromatic nitrogens is 1. The Hall–Kier alpha value is -2.01. The summed E-state index contributed by atoms with van der Waals surface area (Å²) in [7, 11) is 0. The third-order valence-corrected chi connectivity index (χ3v) is 3.54. The highest BCUT2D eigenvalue weighted by Gasteiger charge is 2.27. The second-order valence-corrected chi connectivity index (χ2v) is 4.64. The highest BCUT2D eigenvalue weighted by Crippen LogP contribution is 2.31. The summed E-state index contributed by atoms with van der Waals surface area (Å²) in [6, 6.07) is 2.76. The molecule has 2 N–H and O–H groups in total. The molecule has 2 aliphatic rings. The van der Waals surface area contributed by atoms with E-state index >= 15 is 0 Å². The van der Waals surface area contributed by atoms with Crippen LogP contribution >= 0.6 is 0 Å². The SMILES string of the molecule is O=C1CN=C2CNCc3[nH]c4cc(F)cc1c4c32. The quantitative estimate of drug-likeness (QED) is 0.734. The van der Waals surface area contributed by atoms with Crippen LogP contribution in [0.2, 0.25) is 0 Å². The molecule has 0 radical (unpaired) electrons. The Labute approximate surface area is 102 Å². The van der Waals surface area contributed by atoms with Gasteiger partial charge in [0.1, 0.15) is 12.4 Å². The number of hydrogen-bond acceptors (Lipinski definition) is 3. The molecular formula is C13H10FN3O. The van der Waals surface area contributed by atoms with E-state index in [-0.39, 0.29) is 18.1 Å². The smallest absolute Gasteiger partial charge is 0.185 e. The number of rotatable bonds is 0. The second kappa shape index (κ2) is 3.26. The summed E-state index contributed by atoms with van der Waals surface area (Å²) in [5.74, 6) is -0.510. The first kappa shape index (κ1) is 9.96. The van der Waals surface area contributed by atoms with Crippen molar-refractivity contribution in [2.75, 3.05) is 13.1 Å². The van der Waals surface area contributed by atoms with Gasteiger partial charge in [-0.15, -0.1) is 0 Å². The van der Waals surface area contributed by atoms with Gasteiger partial charge in [-0.25, -0.2) is 4.39 Å². The fourth-order valence-corrected chi connectivity index (χ4v) is 2.80. The Morgan fingerprint density at radius 1 is 1.28 bits per heavy atom. The monoisotopic (exact) mass is 243 g/mol. The Bertz CT molecular complexity index is 729. The van der Waals surface area contributed by atoms with Crippen molar-refractivity contribution in [2.24, 2.45) is 4.99 Å². The second-order valence-electron chi connectivity index (χ2n) is 4.64. The number of ketones is 1. The van der Waals surface area contributed by atoms with Crippen molar-refractivity contribution in [1.29, 1.82) is 0 Å². The zero-order chi connectivity index (χ0) is 12.3. The summed E-state index contributed by atoms with van der Waals surface area (Å²) in [5, 5.41) is 4.05. The number of halogens is 1. The highest BCUT2D eigenvalue weighted by molar-refractivity contribution is 6.22. The van der Waals surface area contributed by atoms with Crippen molar-refractivity contribution in [1.82, 2.24) is 10.3 Å². The van der Waals surface area contributed by atoms with E-state index in [1.165, 1.54) is 12.1 Å². The van der Waals surface area contributed by atoms with Gasteiger partial charge in [0.2, 0.25) is 0 Å². The van der Waals surface area contributed by atoms with Crippen LogP contribution in [0.3, 0.4) is 0 Å². The molecule has 0 atom stereocenters. The third kappa shape index (κ3) is 1.17. The predicted molar refractivity (Wildman–Crippen MR) is 65.7 cm³/mol. The minimum absolute atomic E-state index is 0.101. The van der Waals surface area contributed by atoms with Crippen LogP contribution in [0.5, 0.6) is 0 Å². The van der Waals surface area contributed by atoms with E-state index in [9.17, 15) is 9.18 Å². The molecule has 0 spiro atoms. The number of hydrogen-bond donors (Lipinski definition) is 2. The maximum absolute atomic E-state index is 13.5. The number of aromatic amines is 1. The fraction of sp³-hybridized carbons (Fsp3) is 0.231. The van der Waals surface area contributed by atoms with Crippen molar-refractivity contribution < 1.29 is 9.18 Å². The van der Waals surface area contributed by atoms with Gasteiger partial charge in [0.25, 0.3) is 0 Å². The minimum atomic E-state index is -0.388. The van der Waals surface area contributed by atoms with Gasteiger partial charge in [-0.3, -0.25) is 9.79 Å². The van der Waals surface area contributed by atoms with Gasteiger partial charge in [-0.1, -0.05) is 0 Å². The van der Waals surface area contributed by atoms with Gasteiger partial charge in [0.15, 0.2) is 5.78 Å². The van der Waals surface area contributed by atoms with Gasteiger partial charge >= 0.3 is 0 Å². The summed E-state index contributed by atoms with van der Waals surface area (Å²) >= 11 is 0. The van der Waals surface area contributed by atoms with Crippen LogP contribution in [0.25, 0.3) is 10.9 Å². The molecule has 0 fully saturated rings. The van der Waals surface area contributed by atoms with E-state index in [4.69, 9.17) is 0 Å². The van der Waals surface area contributed by atoms with E-state index in [0.29, 0.717) is 24.2 Å². The topological polar surface area (TPSA) is 57.2 Å². The number of nitrogens with zero attached hydrogens (tertiary/aromatic N) is 1. The van der Waals surface area contributed by atoms with E-state index in [1.54, 1.807) is 0 Å². The van der Waals surface area contributed by atoms with Crippen LogP contribution in [-0.4, -0.2) is 29.6 Å². The van der Waals surface area contributed by atoms with Crippen molar-refractivity contribution in [2.45, 2.75) is 6.54 Å². The lowest BCUT2D eigenvalue weighted by Crippen LogP contribution is -2.30. The number of Topliss-reactive ketones (excluding diaryl/α,β-unsaturated/α-hetero) is 1. The van der Waals surface area contributed by atoms with Crippen LogP contribution in [0.15, 0.2) is 17.1 Å². The molecule has 0 aliphatic carbocycles. The summed E-state index contributed by atoms with van der Waals surface area (Å²) in [4.78, 5) is 19.5. The third-order valence-electron chi connectivity index (χ3n) is 3.54. The number of carbonyl (C=O) groups excluding carboxylic acids is 1. The highest BCUT2D eigenvalue weighted by atomic mass is 19.1. The predicted octanol–water partition coefficient (Wildman–Crippen LogP) is 1.40. The molecule has 4 rings (SSSR count). The van der Waals surface area contributed by atoms with Gasteiger partial charge in [-0.2, -0.15) is 0 Å². The summed E-state index contributed by atoms with van der Waals surface area (Å²) in [6.45, 7) is 1.45. The average molecular weight is 243 g/mol. The molecule has 0 bridgehead atoms. The lowest BCUT2D eigenvalue weighted by molar-refractivity contribution is 0.100. The minimum Gasteiger partial charge on any atom is -0.357 e. The van der Waals surface area contributed by atoms with Gasteiger partial charge in [-0.05, 0) is 12.1 Å². The van der Waals surface area contributed by atoms with Crippen LogP contribution in [0.1, 0.15) is 21.6 Å². The average Bonchev–Trinajstić information content (AvgIpc) is 2.65. The van der Waals surface area contributed by atoms with Crippen molar-refractivity contribution >= 4 is 22.4 Å². The zero-order valence-corrected chi connectivity index (χ0v) is 9.51. The van der Waals surface area contributed by atoms with Crippen LogP contribution in [-0.2, 0) is 6.54 Å². The van der Waals surface area contributed by atoms with E-state index in [0.717, 1.165) is 22.4 Å². The molecule has 0 amide bonds. The Morgan fingerprint density at radius 2 is 2.17 bits per heavy atom. The standard InChI is InChI=1S/C13H10FN3O/c14-6-1-7-11(18)5-16-9-3-15-4-10-13(9)12(7)8(2-6)17-10/h1-2,15,17H,3-5H2. The largest absolute Gasteiger partial charge is 0.357 e. The fourth-order valence-electron chi connectivity index (χ4n) is 2.80. The molecule has 0 saturated heterocycles. The number of aliphatic imine (C=N–C) groups is 1. The van der Waals surface area contributed by atoms with Crippen molar-refractivity contribution in [3.05, 3.63) is 34.8 Å². The molecular weight excluding hydrogens is 233 g/mol. The summed E-state index contributed by atoms with van der Waals surface area (Å²) in [5.41, 5.74) is 3.99. The molecule has 0 unspecified atom stereocenters. The lowest BCUT2D eigenvalue weighted by Gasteiger charge is -2.14. The van der Waals surface area contributed by atoms with Gasteiger partial charge < -0.3 is 10.3 Å². The zero-order valence-electron chi connectivity index (χ0n) is 9.51. The molecule has 4 nitrogen and oxygen atoms in total. The van der Waals surface area contributed by atoms with Crippen LogP contribution in [0.4, 0.5) is 4.39 Å². The molecule has 3 heterocycles.